The molecule has 3 aromatic rings. The number of ether oxygens (including phenoxy) is 1. The molecule has 3 nitrogen and oxygen atoms in total. The zero-order valence-electron chi connectivity index (χ0n) is 20.8. The maximum absolute atomic E-state index is 12.8. The molecule has 0 spiro atoms. The predicted octanol–water partition coefficient (Wildman–Crippen LogP) is 7.08. The molecule has 0 aromatic heterocycles. The number of esters is 1. The Kier molecular flexibility index (Phi) is 7.72. The van der Waals surface area contributed by atoms with Crippen LogP contribution in [0.5, 0.6) is 0 Å². The summed E-state index contributed by atoms with van der Waals surface area (Å²) < 4.78 is 5.27. The molecule has 2 atom stereocenters. The topological polar surface area (TPSA) is 29.5 Å². The highest BCUT2D eigenvalue weighted by Gasteiger charge is 2.44. The van der Waals surface area contributed by atoms with E-state index in [1.807, 2.05) is 0 Å². The number of hydrogen-bond donors (Lipinski definition) is 0. The first-order valence-electron chi connectivity index (χ1n) is 12.6. The van der Waals surface area contributed by atoms with E-state index in [0.29, 0.717) is 0 Å². The highest BCUT2D eigenvalue weighted by molar-refractivity contribution is 5.75. The maximum Gasteiger partial charge on any atom is 0.309 e. The Hall–Kier alpha value is -3.07. The van der Waals surface area contributed by atoms with Crippen LogP contribution < -0.4 is 4.90 Å². The van der Waals surface area contributed by atoms with Gasteiger partial charge in [0.25, 0.3) is 0 Å². The van der Waals surface area contributed by atoms with Crippen molar-refractivity contribution in [3.05, 3.63) is 101 Å². The monoisotopic (exact) mass is 455 g/mol. The van der Waals surface area contributed by atoms with E-state index in [2.05, 4.69) is 97.6 Å². The van der Waals surface area contributed by atoms with E-state index < -0.39 is 0 Å². The summed E-state index contributed by atoms with van der Waals surface area (Å²) in [5, 5.41) is 0. The third-order valence-electron chi connectivity index (χ3n) is 7.51. The summed E-state index contributed by atoms with van der Waals surface area (Å²) in [5.41, 5.74) is 6.28. The van der Waals surface area contributed by atoms with Crippen molar-refractivity contribution in [2.75, 3.05) is 12.0 Å². The van der Waals surface area contributed by atoms with Crippen molar-refractivity contribution in [3.8, 4) is 0 Å². The van der Waals surface area contributed by atoms with Crippen LogP contribution >= 0.6 is 0 Å². The summed E-state index contributed by atoms with van der Waals surface area (Å²) in [6, 6.07) is 28.2. The average molecular weight is 456 g/mol. The van der Waals surface area contributed by atoms with Gasteiger partial charge in [0.1, 0.15) is 0 Å². The molecule has 0 amide bonds. The van der Waals surface area contributed by atoms with Crippen molar-refractivity contribution in [1.82, 2.24) is 0 Å². The smallest absolute Gasteiger partial charge is 0.309 e. The number of nitrogens with zero attached hydrogens (tertiary/aromatic N) is 1. The molecule has 34 heavy (non-hydrogen) atoms. The van der Waals surface area contributed by atoms with Crippen molar-refractivity contribution >= 4 is 11.7 Å². The fraction of sp³-hybridized carbons (Fsp3) is 0.387. The Labute approximate surface area is 204 Å². The van der Waals surface area contributed by atoms with Gasteiger partial charge in [-0.3, -0.25) is 4.79 Å². The van der Waals surface area contributed by atoms with Crippen LogP contribution in [0.3, 0.4) is 0 Å². The minimum atomic E-state index is -0.210. The number of hydrogen-bond acceptors (Lipinski definition) is 3. The molecular formula is C31H37NO2. The van der Waals surface area contributed by atoms with Gasteiger partial charge in [-0.2, -0.15) is 0 Å². The molecule has 0 radical (unpaired) electrons. The fourth-order valence-corrected chi connectivity index (χ4v) is 5.54. The summed E-state index contributed by atoms with van der Waals surface area (Å²) in [6.45, 7) is 6.17. The number of aryl methyl sites for hydroxylation is 1. The standard InChI is InChI=1S/C31H37NO2/c1-4-5-20-31(2)28(30(33)34-3)19-17-26-16-18-27(21-29(26)31)32(22-24-12-8-6-9-13-24)23-25-14-10-7-11-15-25/h6-16,18,21,28H,4-5,17,19-20,22-23H2,1-3H3. The van der Waals surface area contributed by atoms with E-state index in [9.17, 15) is 4.79 Å². The molecule has 0 heterocycles. The summed E-state index contributed by atoms with van der Waals surface area (Å²) in [7, 11) is 1.52. The highest BCUT2D eigenvalue weighted by atomic mass is 16.5. The molecule has 0 saturated heterocycles. The van der Waals surface area contributed by atoms with Crippen LogP contribution in [-0.4, -0.2) is 13.1 Å². The second-order valence-electron chi connectivity index (χ2n) is 9.80. The van der Waals surface area contributed by atoms with Crippen LogP contribution in [0, 0.1) is 5.92 Å². The lowest BCUT2D eigenvalue weighted by molar-refractivity contribution is -0.148. The lowest BCUT2D eigenvalue weighted by Gasteiger charge is -2.42. The molecule has 1 aliphatic carbocycles. The number of methoxy groups -OCH3 is 1. The van der Waals surface area contributed by atoms with Crippen LogP contribution in [0.25, 0.3) is 0 Å². The molecule has 3 aromatic carbocycles. The van der Waals surface area contributed by atoms with Gasteiger partial charge in [-0.25, -0.2) is 0 Å². The summed E-state index contributed by atoms with van der Waals surface area (Å²) in [6.07, 6.45) is 5.00. The molecule has 0 saturated carbocycles. The number of benzene rings is 3. The summed E-state index contributed by atoms with van der Waals surface area (Å²) in [4.78, 5) is 15.3. The molecule has 0 aliphatic heterocycles. The first-order valence-corrected chi connectivity index (χ1v) is 12.6. The Morgan fingerprint density at radius 2 is 1.59 bits per heavy atom. The van der Waals surface area contributed by atoms with E-state index in [4.69, 9.17) is 4.74 Å². The van der Waals surface area contributed by atoms with E-state index in [-0.39, 0.29) is 17.3 Å². The third-order valence-corrected chi connectivity index (χ3v) is 7.51. The van der Waals surface area contributed by atoms with Crippen LogP contribution in [0.1, 0.15) is 61.8 Å². The Morgan fingerprint density at radius 3 is 2.15 bits per heavy atom. The minimum Gasteiger partial charge on any atom is -0.469 e. The zero-order valence-corrected chi connectivity index (χ0v) is 20.8. The number of fused-ring (bicyclic) bond motifs is 1. The molecule has 178 valence electrons. The van der Waals surface area contributed by atoms with E-state index in [1.54, 1.807) is 0 Å². The van der Waals surface area contributed by atoms with Gasteiger partial charge in [-0.1, -0.05) is 93.4 Å². The predicted molar refractivity (Wildman–Crippen MR) is 140 cm³/mol. The lowest BCUT2D eigenvalue weighted by Crippen LogP contribution is -2.42. The van der Waals surface area contributed by atoms with Gasteiger partial charge in [0, 0.05) is 24.2 Å². The molecule has 2 unspecified atom stereocenters. The zero-order chi connectivity index (χ0) is 24.0. The molecular weight excluding hydrogens is 418 g/mol. The van der Waals surface area contributed by atoms with Crippen LogP contribution in [0.4, 0.5) is 5.69 Å². The van der Waals surface area contributed by atoms with Crippen molar-refractivity contribution in [2.45, 2.75) is 64.5 Å². The second-order valence-corrected chi connectivity index (χ2v) is 9.80. The van der Waals surface area contributed by atoms with Gasteiger partial charge >= 0.3 is 5.97 Å². The third kappa shape index (κ3) is 5.19. The first-order chi connectivity index (χ1) is 16.5. The molecule has 3 heteroatoms. The minimum absolute atomic E-state index is 0.0694. The number of anilines is 1. The quantitative estimate of drug-likeness (QED) is 0.323. The normalized spacial score (nSPS) is 19.3. The van der Waals surface area contributed by atoms with Crippen LogP contribution in [0.2, 0.25) is 0 Å². The van der Waals surface area contributed by atoms with Gasteiger partial charge in [-0.05, 0) is 53.6 Å². The largest absolute Gasteiger partial charge is 0.469 e. The SMILES string of the molecule is CCCCC1(C)c2cc(N(Cc3ccccc3)Cc3ccccc3)ccc2CCC1C(=O)OC. The van der Waals surface area contributed by atoms with E-state index in [0.717, 1.165) is 45.2 Å². The number of rotatable bonds is 9. The first kappa shape index (κ1) is 24.1. The molecule has 1 aliphatic rings. The Morgan fingerprint density at radius 1 is 0.971 bits per heavy atom. The maximum atomic E-state index is 12.8. The van der Waals surface area contributed by atoms with Crippen molar-refractivity contribution in [1.29, 1.82) is 0 Å². The van der Waals surface area contributed by atoms with Crippen molar-refractivity contribution in [3.63, 3.8) is 0 Å². The van der Waals surface area contributed by atoms with Gasteiger partial charge in [0.2, 0.25) is 0 Å². The Bertz CT molecular complexity index is 1040. The second kappa shape index (κ2) is 10.9. The molecule has 4 rings (SSSR count). The number of carbonyl (C=O) groups is 1. The van der Waals surface area contributed by atoms with Gasteiger partial charge in [0.15, 0.2) is 0 Å². The fourth-order valence-electron chi connectivity index (χ4n) is 5.54. The van der Waals surface area contributed by atoms with E-state index in [1.165, 1.54) is 35.1 Å². The highest BCUT2D eigenvalue weighted by Crippen LogP contribution is 2.46. The summed E-state index contributed by atoms with van der Waals surface area (Å²) >= 11 is 0. The van der Waals surface area contributed by atoms with Crippen molar-refractivity contribution < 1.29 is 9.53 Å². The molecule has 0 bridgehead atoms. The van der Waals surface area contributed by atoms with Crippen LogP contribution in [-0.2, 0) is 34.5 Å². The van der Waals surface area contributed by atoms with Gasteiger partial charge in [0.05, 0.1) is 13.0 Å². The van der Waals surface area contributed by atoms with Gasteiger partial charge in [-0.15, -0.1) is 0 Å². The molecule has 0 fully saturated rings. The van der Waals surface area contributed by atoms with Crippen molar-refractivity contribution in [2.24, 2.45) is 5.92 Å². The summed E-state index contributed by atoms with van der Waals surface area (Å²) in [5.74, 6) is -0.163. The average Bonchev–Trinajstić information content (AvgIpc) is 2.88. The van der Waals surface area contributed by atoms with E-state index >= 15 is 0 Å². The van der Waals surface area contributed by atoms with Gasteiger partial charge < -0.3 is 9.64 Å². The molecule has 0 N–H and O–H groups in total. The Balaban J connectivity index is 1.74. The van der Waals surface area contributed by atoms with Crippen LogP contribution in [0.15, 0.2) is 78.9 Å². The number of carbonyl (C=O) groups excluding carboxylic acids is 1. The lowest BCUT2D eigenvalue weighted by atomic mass is 9.62. The number of unbranched alkanes of at least 4 members (excludes halogenated alkanes) is 1.